The number of nitrogens with zero attached hydrogens (tertiary/aromatic N) is 2. The quantitative estimate of drug-likeness (QED) is 0.397. The molecular weight excluding hydrogens is 412 g/mol. The van der Waals surface area contributed by atoms with Gasteiger partial charge in [-0.05, 0) is 26.3 Å². The van der Waals surface area contributed by atoms with Crippen LogP contribution in [-0.4, -0.2) is 67.4 Å². The van der Waals surface area contributed by atoms with Crippen LogP contribution in [-0.2, 0) is 19.0 Å². The Balaban J connectivity index is 1.43. The van der Waals surface area contributed by atoms with Crippen LogP contribution in [0.1, 0.15) is 20.3 Å². The molecule has 0 fully saturated rings. The van der Waals surface area contributed by atoms with E-state index in [1.54, 1.807) is 4.90 Å². The maximum Gasteiger partial charge on any atom is 0.413 e. The molecule has 8 nitrogen and oxygen atoms in total. The molecule has 170 valence electrons. The van der Waals surface area contributed by atoms with Gasteiger partial charge in [0.2, 0.25) is 5.69 Å². The van der Waals surface area contributed by atoms with Gasteiger partial charge in [0.25, 0.3) is 6.29 Å². The number of carbonyl (C=O) groups is 2. The van der Waals surface area contributed by atoms with Crippen LogP contribution < -0.4 is 4.74 Å². The van der Waals surface area contributed by atoms with Gasteiger partial charge in [-0.3, -0.25) is 4.90 Å². The lowest BCUT2D eigenvalue weighted by Crippen LogP contribution is -2.46. The average Bonchev–Trinajstić information content (AvgIpc) is 3.21. The summed E-state index contributed by atoms with van der Waals surface area (Å²) in [6, 6.07) is 7.86. The fourth-order valence-corrected chi connectivity index (χ4v) is 4.51. The van der Waals surface area contributed by atoms with Gasteiger partial charge in [-0.15, -0.1) is 0 Å². The second-order valence-corrected chi connectivity index (χ2v) is 7.99. The molecule has 0 N–H and O–H groups in total. The van der Waals surface area contributed by atoms with E-state index in [0.717, 1.165) is 17.0 Å². The van der Waals surface area contributed by atoms with Crippen LogP contribution >= 0.6 is 0 Å². The zero-order valence-corrected chi connectivity index (χ0v) is 18.7. The molecule has 0 bridgehead atoms. The van der Waals surface area contributed by atoms with E-state index in [9.17, 15) is 9.59 Å². The van der Waals surface area contributed by atoms with Gasteiger partial charge in [-0.25, -0.2) is 9.59 Å². The standard InChI is InChI=1S/C24H29N2O6/c1-4-30-20-8-6-5-7-19(20)25-11-13-26(14-12-25)24(28)32-23-21-16(2)9-10-17(21)18(15-31-23)22(27)29-3/h5-9,11,15,17,21,23H,4,10,12-14H2,1-3H3/q+1. The van der Waals surface area contributed by atoms with Crippen LogP contribution in [0.2, 0.25) is 0 Å². The molecule has 1 aliphatic carbocycles. The number of benzene rings is 1. The van der Waals surface area contributed by atoms with E-state index in [1.807, 2.05) is 44.3 Å². The molecule has 3 atom stereocenters. The molecule has 1 amide bonds. The predicted molar refractivity (Wildman–Crippen MR) is 117 cm³/mol. The highest BCUT2D eigenvalue weighted by Gasteiger charge is 2.45. The van der Waals surface area contributed by atoms with E-state index < -0.39 is 18.4 Å². The predicted octanol–water partition coefficient (Wildman–Crippen LogP) is 3.25. The molecule has 0 aromatic heterocycles. The van der Waals surface area contributed by atoms with Crippen LogP contribution in [0.25, 0.3) is 0 Å². The van der Waals surface area contributed by atoms with Crippen molar-refractivity contribution in [3.8, 4) is 5.75 Å². The minimum atomic E-state index is -0.767. The third kappa shape index (κ3) is 4.22. The van der Waals surface area contributed by atoms with E-state index in [2.05, 4.69) is 10.7 Å². The lowest BCUT2D eigenvalue weighted by molar-refractivity contribution is -0.443. The molecule has 1 aromatic rings. The van der Waals surface area contributed by atoms with Crippen LogP contribution in [0.3, 0.4) is 0 Å². The van der Waals surface area contributed by atoms with Gasteiger partial charge in [0, 0.05) is 12.0 Å². The Morgan fingerprint density at radius 3 is 2.81 bits per heavy atom. The first-order chi connectivity index (χ1) is 15.5. The molecule has 32 heavy (non-hydrogen) atoms. The van der Waals surface area contributed by atoms with Crippen molar-refractivity contribution >= 4 is 24.0 Å². The van der Waals surface area contributed by atoms with Crippen molar-refractivity contribution in [2.45, 2.75) is 26.6 Å². The van der Waals surface area contributed by atoms with Crippen LogP contribution in [0.4, 0.5) is 10.5 Å². The number of hydrogen-bond donors (Lipinski definition) is 0. The molecule has 3 aliphatic rings. The van der Waals surface area contributed by atoms with E-state index in [1.165, 1.54) is 13.4 Å². The Kier molecular flexibility index (Phi) is 6.48. The molecule has 0 saturated carbocycles. The molecule has 2 heterocycles. The van der Waals surface area contributed by atoms with Crippen molar-refractivity contribution in [3.05, 3.63) is 47.7 Å². The zero-order chi connectivity index (χ0) is 22.7. The van der Waals surface area contributed by atoms with Gasteiger partial charge in [0.05, 0.1) is 38.0 Å². The third-order valence-electron chi connectivity index (χ3n) is 6.18. The van der Waals surface area contributed by atoms with Gasteiger partial charge in [0.1, 0.15) is 6.54 Å². The highest BCUT2D eigenvalue weighted by Crippen LogP contribution is 2.43. The van der Waals surface area contributed by atoms with Gasteiger partial charge in [-0.1, -0.05) is 23.8 Å². The summed E-state index contributed by atoms with van der Waals surface area (Å²) in [4.78, 5) is 26.6. The Hall–Kier alpha value is -3.29. The number of rotatable bonds is 5. The molecule has 2 aliphatic heterocycles. The maximum atomic E-state index is 12.9. The second kappa shape index (κ2) is 9.46. The summed E-state index contributed by atoms with van der Waals surface area (Å²) in [5.41, 5.74) is 2.51. The highest BCUT2D eigenvalue weighted by atomic mass is 16.7. The van der Waals surface area contributed by atoms with Gasteiger partial charge in [-0.2, -0.15) is 4.58 Å². The molecular formula is C24H29N2O6+. The van der Waals surface area contributed by atoms with E-state index in [4.69, 9.17) is 18.9 Å². The Morgan fingerprint density at radius 1 is 1.28 bits per heavy atom. The Bertz CT molecular complexity index is 982. The first-order valence-corrected chi connectivity index (χ1v) is 10.9. The van der Waals surface area contributed by atoms with E-state index >= 15 is 0 Å². The average molecular weight is 442 g/mol. The molecule has 0 radical (unpaired) electrons. The maximum absolute atomic E-state index is 12.9. The number of ether oxygens (including phenoxy) is 4. The van der Waals surface area contributed by atoms with Crippen molar-refractivity contribution in [2.75, 3.05) is 33.4 Å². The number of allylic oxidation sites excluding steroid dienone is 1. The monoisotopic (exact) mass is 441 g/mol. The number of esters is 1. The first-order valence-electron chi connectivity index (χ1n) is 10.9. The fourth-order valence-electron chi connectivity index (χ4n) is 4.51. The van der Waals surface area contributed by atoms with Crippen LogP contribution in [0, 0.1) is 11.8 Å². The smallest absolute Gasteiger partial charge is 0.413 e. The summed E-state index contributed by atoms with van der Waals surface area (Å²) in [5, 5.41) is 0. The molecule has 8 heteroatoms. The van der Waals surface area contributed by atoms with Crippen molar-refractivity contribution in [3.63, 3.8) is 0 Å². The van der Waals surface area contributed by atoms with Gasteiger partial charge >= 0.3 is 12.1 Å². The molecule has 4 rings (SSSR count). The van der Waals surface area contributed by atoms with E-state index in [-0.39, 0.29) is 11.8 Å². The van der Waals surface area contributed by atoms with Crippen LogP contribution in [0.5, 0.6) is 5.75 Å². The Morgan fingerprint density at radius 2 is 2.09 bits per heavy atom. The van der Waals surface area contributed by atoms with Crippen molar-refractivity contribution in [2.24, 2.45) is 11.8 Å². The summed E-state index contributed by atoms with van der Waals surface area (Å²) in [6.07, 6.45) is 4.90. The van der Waals surface area contributed by atoms with Gasteiger partial charge in [0.15, 0.2) is 18.5 Å². The van der Waals surface area contributed by atoms with Crippen molar-refractivity contribution in [1.82, 2.24) is 4.90 Å². The lowest BCUT2D eigenvalue weighted by atomic mass is 9.84. The van der Waals surface area contributed by atoms with Gasteiger partial charge < -0.3 is 18.9 Å². The topological polar surface area (TPSA) is 77.3 Å². The van der Waals surface area contributed by atoms with Crippen molar-refractivity contribution < 1.29 is 33.1 Å². The minimum absolute atomic E-state index is 0.104. The molecule has 0 saturated heterocycles. The third-order valence-corrected chi connectivity index (χ3v) is 6.18. The lowest BCUT2D eigenvalue weighted by Gasteiger charge is -2.35. The number of methoxy groups -OCH3 is 1. The second-order valence-electron chi connectivity index (χ2n) is 7.99. The number of carbonyl (C=O) groups excluding carboxylic acids is 2. The largest absolute Gasteiger partial charge is 0.487 e. The number of para-hydroxylation sites is 2. The number of hydrogen-bond acceptors (Lipinski definition) is 6. The van der Waals surface area contributed by atoms with Crippen LogP contribution in [0.15, 0.2) is 47.7 Å². The SMILES string of the molecule is CCOc1ccccc1[N+]1=CCN(C(=O)OC2OC=C(C(=O)OC)C3CC=C(C)C23)CC1. The number of amides is 1. The summed E-state index contributed by atoms with van der Waals surface area (Å²) in [5.74, 6) is 0.111. The minimum Gasteiger partial charge on any atom is -0.487 e. The summed E-state index contributed by atoms with van der Waals surface area (Å²) in [7, 11) is 1.35. The summed E-state index contributed by atoms with van der Waals surface area (Å²) in [6.45, 7) is 6.07. The first kappa shape index (κ1) is 21.9. The summed E-state index contributed by atoms with van der Waals surface area (Å²) < 4.78 is 24.1. The zero-order valence-electron chi connectivity index (χ0n) is 18.7. The Labute approximate surface area is 187 Å². The summed E-state index contributed by atoms with van der Waals surface area (Å²) >= 11 is 0. The van der Waals surface area contributed by atoms with E-state index in [0.29, 0.717) is 38.2 Å². The molecule has 0 spiro atoms. The molecule has 3 unspecified atom stereocenters. The fraction of sp³-hybridized carbons (Fsp3) is 0.458. The highest BCUT2D eigenvalue weighted by molar-refractivity contribution is 5.89. The van der Waals surface area contributed by atoms with Crippen molar-refractivity contribution in [1.29, 1.82) is 0 Å². The number of fused-ring (bicyclic) bond motifs is 1. The molecule has 1 aromatic carbocycles. The normalized spacial score (nSPS) is 24.4.